The smallest absolute Gasteiger partial charge is 0.271 e. The summed E-state index contributed by atoms with van der Waals surface area (Å²) in [7, 11) is -3.30. The van der Waals surface area contributed by atoms with Gasteiger partial charge in [-0.2, -0.15) is 4.31 Å². The van der Waals surface area contributed by atoms with Crippen molar-refractivity contribution in [2.75, 3.05) is 12.3 Å². The summed E-state index contributed by atoms with van der Waals surface area (Å²) in [5.74, 6) is 0.339. The molecule has 0 fully saturated rings. The molecule has 3 rings (SSSR count). The predicted octanol–water partition coefficient (Wildman–Crippen LogP) is 0.934. The van der Waals surface area contributed by atoms with E-state index in [1.165, 1.54) is 4.31 Å². The molecule has 3 heterocycles. The lowest BCUT2D eigenvalue weighted by Gasteiger charge is -2.32. The molecule has 0 spiro atoms. The number of aromatic nitrogens is 3. The van der Waals surface area contributed by atoms with Gasteiger partial charge in [0.25, 0.3) is 5.91 Å². The predicted molar refractivity (Wildman–Crippen MR) is 92.2 cm³/mol. The Bertz CT molecular complexity index is 863. The van der Waals surface area contributed by atoms with Crippen molar-refractivity contribution >= 4 is 15.9 Å². The number of nitrogens with zero attached hydrogens (tertiary/aromatic N) is 4. The summed E-state index contributed by atoms with van der Waals surface area (Å²) >= 11 is 0. The molecule has 0 saturated carbocycles. The molecule has 1 N–H and O–H groups in total. The van der Waals surface area contributed by atoms with Crippen molar-refractivity contribution in [3.8, 4) is 0 Å². The van der Waals surface area contributed by atoms with Crippen LogP contribution in [0, 0.1) is 0 Å². The lowest BCUT2D eigenvalue weighted by molar-refractivity contribution is 0.0945. The molecule has 8 nitrogen and oxygen atoms in total. The van der Waals surface area contributed by atoms with E-state index in [2.05, 4.69) is 15.3 Å². The quantitative estimate of drug-likeness (QED) is 0.852. The molecule has 1 unspecified atom stereocenters. The summed E-state index contributed by atoms with van der Waals surface area (Å²) in [4.78, 5) is 20.9. The monoisotopic (exact) mass is 363 g/mol. The molecule has 25 heavy (non-hydrogen) atoms. The second-order valence-electron chi connectivity index (χ2n) is 5.87. The number of pyridine rings is 1. The standard InChI is InChI=1S/C16H21N5O3S/c1-3-25(23,24)21-9-8-20-11-14(19-15(20)12(21)2)16(22)18-10-13-6-4-5-7-17-13/h4-7,11-12H,3,8-10H2,1-2H3,(H,18,22). The van der Waals surface area contributed by atoms with Crippen LogP contribution in [0.1, 0.15) is 41.9 Å². The Morgan fingerprint density at radius 3 is 2.84 bits per heavy atom. The SMILES string of the molecule is CCS(=O)(=O)N1CCn2cc(C(=O)NCc3ccccn3)nc2C1C. The largest absolute Gasteiger partial charge is 0.345 e. The molecule has 1 amide bonds. The highest BCUT2D eigenvalue weighted by Crippen LogP contribution is 2.27. The lowest BCUT2D eigenvalue weighted by Crippen LogP contribution is -2.41. The Morgan fingerprint density at radius 2 is 2.16 bits per heavy atom. The summed E-state index contributed by atoms with van der Waals surface area (Å²) in [5.41, 5.74) is 1.04. The number of imidazole rings is 1. The summed E-state index contributed by atoms with van der Waals surface area (Å²) < 4.78 is 27.7. The fourth-order valence-corrected chi connectivity index (χ4v) is 4.16. The molecule has 1 atom stereocenters. The molecule has 2 aromatic heterocycles. The molecule has 134 valence electrons. The molecular formula is C16H21N5O3S. The molecule has 0 radical (unpaired) electrons. The van der Waals surface area contributed by atoms with E-state index < -0.39 is 16.1 Å². The van der Waals surface area contributed by atoms with Crippen LogP contribution in [0.2, 0.25) is 0 Å². The van der Waals surface area contributed by atoms with Gasteiger partial charge < -0.3 is 9.88 Å². The Balaban J connectivity index is 1.74. The van der Waals surface area contributed by atoms with Crippen LogP contribution < -0.4 is 5.32 Å². The molecule has 1 aliphatic rings. The maximum atomic E-state index is 12.3. The van der Waals surface area contributed by atoms with Gasteiger partial charge in [-0.05, 0) is 26.0 Å². The van der Waals surface area contributed by atoms with Crippen molar-refractivity contribution in [1.29, 1.82) is 0 Å². The van der Waals surface area contributed by atoms with Gasteiger partial charge in [-0.3, -0.25) is 9.78 Å². The molecule has 2 aromatic rings. The normalized spacial score (nSPS) is 17.9. The van der Waals surface area contributed by atoms with Gasteiger partial charge in [0, 0.05) is 25.5 Å². The average Bonchev–Trinajstić information content (AvgIpc) is 3.06. The van der Waals surface area contributed by atoms with Crippen LogP contribution in [-0.2, 0) is 23.1 Å². The molecule has 0 saturated heterocycles. The number of fused-ring (bicyclic) bond motifs is 1. The van der Waals surface area contributed by atoms with Gasteiger partial charge in [-0.1, -0.05) is 6.07 Å². The summed E-state index contributed by atoms with van der Waals surface area (Å²) in [5, 5.41) is 2.78. The zero-order chi connectivity index (χ0) is 18.0. The number of carbonyl (C=O) groups excluding carboxylic acids is 1. The van der Waals surface area contributed by atoms with E-state index in [9.17, 15) is 13.2 Å². The Kier molecular flexibility index (Phi) is 4.87. The van der Waals surface area contributed by atoms with Crippen molar-refractivity contribution in [3.05, 3.63) is 47.8 Å². The van der Waals surface area contributed by atoms with Gasteiger partial charge in [0.15, 0.2) is 0 Å². The molecule has 1 aliphatic heterocycles. The van der Waals surface area contributed by atoms with Gasteiger partial charge >= 0.3 is 0 Å². The number of rotatable bonds is 5. The first-order valence-electron chi connectivity index (χ1n) is 8.17. The average molecular weight is 363 g/mol. The number of hydrogen-bond acceptors (Lipinski definition) is 5. The highest BCUT2D eigenvalue weighted by molar-refractivity contribution is 7.89. The third kappa shape index (κ3) is 3.57. The van der Waals surface area contributed by atoms with E-state index in [1.807, 2.05) is 22.8 Å². The minimum absolute atomic E-state index is 0.0511. The molecule has 0 aliphatic carbocycles. The highest BCUT2D eigenvalue weighted by atomic mass is 32.2. The second-order valence-corrected chi connectivity index (χ2v) is 8.08. The first kappa shape index (κ1) is 17.6. The van der Waals surface area contributed by atoms with Crippen LogP contribution in [-0.4, -0.2) is 45.5 Å². The van der Waals surface area contributed by atoms with Crippen LogP contribution in [0.25, 0.3) is 0 Å². The molecule has 0 bridgehead atoms. The highest BCUT2D eigenvalue weighted by Gasteiger charge is 2.33. The van der Waals surface area contributed by atoms with Gasteiger partial charge in [0.2, 0.25) is 10.0 Å². The van der Waals surface area contributed by atoms with Gasteiger partial charge in [-0.15, -0.1) is 0 Å². The number of amides is 1. The fraction of sp³-hybridized carbons (Fsp3) is 0.438. The van der Waals surface area contributed by atoms with Crippen molar-refractivity contribution in [3.63, 3.8) is 0 Å². The number of carbonyl (C=O) groups is 1. The first-order chi connectivity index (χ1) is 11.9. The third-order valence-electron chi connectivity index (χ3n) is 4.29. The van der Waals surface area contributed by atoms with E-state index in [0.717, 1.165) is 5.69 Å². The lowest BCUT2D eigenvalue weighted by atomic mass is 10.2. The van der Waals surface area contributed by atoms with Gasteiger partial charge in [0.05, 0.1) is 24.0 Å². The third-order valence-corrected chi connectivity index (χ3v) is 6.23. The number of sulfonamides is 1. The van der Waals surface area contributed by atoms with Crippen LogP contribution >= 0.6 is 0 Å². The number of nitrogens with one attached hydrogen (secondary N) is 1. The second kappa shape index (κ2) is 6.93. The molecule has 9 heteroatoms. The maximum Gasteiger partial charge on any atom is 0.271 e. The van der Waals surface area contributed by atoms with E-state index >= 15 is 0 Å². The maximum absolute atomic E-state index is 12.3. The van der Waals surface area contributed by atoms with Gasteiger partial charge in [0.1, 0.15) is 11.5 Å². The van der Waals surface area contributed by atoms with E-state index in [-0.39, 0.29) is 17.4 Å². The number of hydrogen-bond donors (Lipinski definition) is 1. The Hall–Kier alpha value is -2.26. The summed E-state index contributed by atoms with van der Waals surface area (Å²) in [6.45, 7) is 4.60. The van der Waals surface area contributed by atoms with E-state index in [0.29, 0.717) is 25.5 Å². The Labute approximate surface area is 146 Å². The first-order valence-corrected chi connectivity index (χ1v) is 9.78. The van der Waals surface area contributed by atoms with Crippen molar-refractivity contribution < 1.29 is 13.2 Å². The van der Waals surface area contributed by atoms with Gasteiger partial charge in [-0.25, -0.2) is 13.4 Å². The van der Waals surface area contributed by atoms with E-state index in [1.54, 1.807) is 26.2 Å². The Morgan fingerprint density at radius 1 is 1.36 bits per heavy atom. The van der Waals surface area contributed by atoms with Crippen molar-refractivity contribution in [1.82, 2.24) is 24.2 Å². The van der Waals surface area contributed by atoms with Crippen molar-refractivity contribution in [2.45, 2.75) is 33.0 Å². The summed E-state index contributed by atoms with van der Waals surface area (Å²) in [6, 6.07) is 5.10. The molecule has 0 aromatic carbocycles. The minimum Gasteiger partial charge on any atom is -0.345 e. The van der Waals surface area contributed by atoms with E-state index in [4.69, 9.17) is 0 Å². The van der Waals surface area contributed by atoms with Crippen LogP contribution in [0.15, 0.2) is 30.6 Å². The topological polar surface area (TPSA) is 97.2 Å². The van der Waals surface area contributed by atoms with Crippen LogP contribution in [0.5, 0.6) is 0 Å². The molecular weight excluding hydrogens is 342 g/mol. The van der Waals surface area contributed by atoms with Crippen LogP contribution in [0.4, 0.5) is 0 Å². The zero-order valence-corrected chi connectivity index (χ0v) is 15.0. The summed E-state index contributed by atoms with van der Waals surface area (Å²) in [6.07, 6.45) is 3.34. The zero-order valence-electron chi connectivity index (χ0n) is 14.2. The fourth-order valence-electron chi connectivity index (χ4n) is 2.89. The van der Waals surface area contributed by atoms with Crippen molar-refractivity contribution in [2.24, 2.45) is 0 Å². The minimum atomic E-state index is -3.30. The van der Waals surface area contributed by atoms with Crippen LogP contribution in [0.3, 0.4) is 0 Å².